The summed E-state index contributed by atoms with van der Waals surface area (Å²) in [6, 6.07) is 7.25. The average molecular weight is 307 g/mol. The van der Waals surface area contributed by atoms with Gasteiger partial charge >= 0.3 is 0 Å². The van der Waals surface area contributed by atoms with Crippen molar-refractivity contribution in [3.63, 3.8) is 0 Å². The van der Waals surface area contributed by atoms with Crippen LogP contribution in [-0.2, 0) is 23.1 Å². The largest absolute Gasteiger partial charge is 0.447 e. The molecule has 1 fully saturated rings. The van der Waals surface area contributed by atoms with Crippen LogP contribution in [-0.4, -0.2) is 19.4 Å². The minimum absolute atomic E-state index is 0.0517. The number of aromatic nitrogens is 1. The lowest BCUT2D eigenvalue weighted by Crippen LogP contribution is -2.22. The summed E-state index contributed by atoms with van der Waals surface area (Å²) >= 11 is 0. The van der Waals surface area contributed by atoms with Crippen LogP contribution in [0.15, 0.2) is 46.2 Å². The average Bonchev–Trinajstić information content (AvgIpc) is 3.20. The molecule has 3 rings (SSSR count). The molecule has 112 valence electrons. The summed E-state index contributed by atoms with van der Waals surface area (Å²) in [4.78, 5) is 3.89. The minimum Gasteiger partial charge on any atom is -0.447 e. The molecule has 1 aliphatic carbocycles. The first kappa shape index (κ1) is 14.2. The van der Waals surface area contributed by atoms with Gasteiger partial charge in [0, 0.05) is 25.0 Å². The Hall–Kier alpha value is -1.70. The maximum Gasteiger partial charge on any atom is 0.274 e. The fourth-order valence-electron chi connectivity index (χ4n) is 1.88. The van der Waals surface area contributed by atoms with Gasteiger partial charge in [0.05, 0.1) is 6.54 Å². The molecule has 0 aliphatic heterocycles. The van der Waals surface area contributed by atoms with Gasteiger partial charge in [-0.2, -0.15) is 0 Å². The van der Waals surface area contributed by atoms with Gasteiger partial charge in [-0.25, -0.2) is 13.1 Å². The highest BCUT2D eigenvalue weighted by atomic mass is 32.2. The molecule has 1 saturated carbocycles. The summed E-state index contributed by atoms with van der Waals surface area (Å²) in [5, 5.41) is 3.23. The fourth-order valence-corrected chi connectivity index (χ4v) is 2.84. The molecular weight excluding hydrogens is 290 g/mol. The molecule has 0 amide bonds. The van der Waals surface area contributed by atoms with Crippen LogP contribution in [0.1, 0.15) is 24.2 Å². The van der Waals surface area contributed by atoms with Crippen LogP contribution in [0, 0.1) is 0 Å². The number of sulfonamides is 1. The molecule has 0 spiro atoms. The molecule has 7 heteroatoms. The summed E-state index contributed by atoms with van der Waals surface area (Å²) in [5.74, 6) is 0.631. The third-order valence-electron chi connectivity index (χ3n) is 3.26. The van der Waals surface area contributed by atoms with Crippen molar-refractivity contribution in [3.05, 3.63) is 48.0 Å². The minimum atomic E-state index is -3.63. The topological polar surface area (TPSA) is 84.2 Å². The maximum absolute atomic E-state index is 12.1. The third kappa shape index (κ3) is 3.90. The van der Waals surface area contributed by atoms with E-state index in [-0.39, 0.29) is 11.6 Å². The van der Waals surface area contributed by atoms with Crippen molar-refractivity contribution in [2.24, 2.45) is 0 Å². The molecule has 21 heavy (non-hydrogen) atoms. The summed E-state index contributed by atoms with van der Waals surface area (Å²) in [6.45, 7) is 0.770. The summed E-state index contributed by atoms with van der Waals surface area (Å²) in [7, 11) is -3.63. The zero-order chi connectivity index (χ0) is 14.7. The van der Waals surface area contributed by atoms with E-state index < -0.39 is 10.0 Å². The number of rotatable bonds is 7. The number of hydrogen-bond acceptors (Lipinski definition) is 5. The van der Waals surface area contributed by atoms with Gasteiger partial charge in [-0.15, -0.1) is 0 Å². The molecule has 2 heterocycles. The second-order valence-electron chi connectivity index (χ2n) is 5.06. The Bertz CT molecular complexity index is 693. The Kier molecular flexibility index (Phi) is 4.05. The molecule has 0 aromatic carbocycles. The summed E-state index contributed by atoms with van der Waals surface area (Å²) in [6.07, 6.45) is 5.61. The molecule has 6 nitrogen and oxygen atoms in total. The van der Waals surface area contributed by atoms with Crippen molar-refractivity contribution in [3.8, 4) is 0 Å². The number of pyridine rings is 1. The van der Waals surface area contributed by atoms with Crippen molar-refractivity contribution in [2.75, 3.05) is 0 Å². The highest BCUT2D eigenvalue weighted by molar-refractivity contribution is 7.89. The van der Waals surface area contributed by atoms with Crippen molar-refractivity contribution < 1.29 is 12.8 Å². The lowest BCUT2D eigenvalue weighted by Gasteiger charge is -2.04. The van der Waals surface area contributed by atoms with Crippen LogP contribution in [0.4, 0.5) is 0 Å². The Morgan fingerprint density at radius 1 is 1.14 bits per heavy atom. The van der Waals surface area contributed by atoms with Gasteiger partial charge in [0.15, 0.2) is 0 Å². The number of furan rings is 1. The predicted molar refractivity (Wildman–Crippen MR) is 76.8 cm³/mol. The molecule has 2 N–H and O–H groups in total. The van der Waals surface area contributed by atoms with E-state index in [1.165, 1.54) is 18.9 Å². The van der Waals surface area contributed by atoms with Gasteiger partial charge < -0.3 is 9.73 Å². The van der Waals surface area contributed by atoms with E-state index in [0.717, 1.165) is 5.56 Å². The molecule has 0 atom stereocenters. The zero-order valence-corrected chi connectivity index (χ0v) is 12.3. The predicted octanol–water partition coefficient (Wildman–Crippen LogP) is 1.41. The normalized spacial score (nSPS) is 15.2. The number of nitrogens with zero attached hydrogens (tertiary/aromatic N) is 1. The Labute approximate surface area is 123 Å². The quantitative estimate of drug-likeness (QED) is 0.808. The van der Waals surface area contributed by atoms with E-state index >= 15 is 0 Å². The van der Waals surface area contributed by atoms with Crippen molar-refractivity contribution in [1.82, 2.24) is 15.0 Å². The van der Waals surface area contributed by atoms with Crippen LogP contribution in [0.2, 0.25) is 0 Å². The van der Waals surface area contributed by atoms with Crippen molar-refractivity contribution >= 4 is 10.0 Å². The Morgan fingerprint density at radius 3 is 2.62 bits per heavy atom. The molecule has 0 unspecified atom stereocenters. The lowest BCUT2D eigenvalue weighted by molar-refractivity contribution is 0.399. The first-order valence-electron chi connectivity index (χ1n) is 6.84. The summed E-state index contributed by atoms with van der Waals surface area (Å²) in [5.41, 5.74) is 0.843. The smallest absolute Gasteiger partial charge is 0.274 e. The zero-order valence-electron chi connectivity index (χ0n) is 11.5. The maximum atomic E-state index is 12.1. The van der Waals surface area contributed by atoms with E-state index in [2.05, 4.69) is 15.0 Å². The monoisotopic (exact) mass is 307 g/mol. The molecule has 0 bridgehead atoms. The number of nitrogens with one attached hydrogen (secondary N) is 2. The second-order valence-corrected chi connectivity index (χ2v) is 6.75. The van der Waals surface area contributed by atoms with Gasteiger partial charge in [-0.05, 0) is 42.7 Å². The van der Waals surface area contributed by atoms with Gasteiger partial charge in [0.1, 0.15) is 5.76 Å². The number of hydrogen-bond donors (Lipinski definition) is 2. The third-order valence-corrected chi connectivity index (χ3v) is 4.53. The molecule has 0 saturated heterocycles. The van der Waals surface area contributed by atoms with Crippen molar-refractivity contribution in [1.29, 1.82) is 0 Å². The fraction of sp³-hybridized carbons (Fsp3) is 0.357. The molecular formula is C14H17N3O3S. The highest BCUT2D eigenvalue weighted by Gasteiger charge is 2.22. The SMILES string of the molecule is O=S(=O)(NCc1ccncc1)c1ccc(CNC2CC2)o1. The van der Waals surface area contributed by atoms with Gasteiger partial charge in [0.2, 0.25) is 5.09 Å². The lowest BCUT2D eigenvalue weighted by atomic mass is 10.3. The first-order valence-corrected chi connectivity index (χ1v) is 8.32. The highest BCUT2D eigenvalue weighted by Crippen LogP contribution is 2.20. The molecule has 0 radical (unpaired) electrons. The van der Waals surface area contributed by atoms with E-state index in [9.17, 15) is 8.42 Å². The van der Waals surface area contributed by atoms with Crippen LogP contribution in [0.5, 0.6) is 0 Å². The van der Waals surface area contributed by atoms with Gasteiger partial charge in [0.25, 0.3) is 10.0 Å². The second kappa shape index (κ2) is 5.97. The van der Waals surface area contributed by atoms with Gasteiger partial charge in [-0.3, -0.25) is 4.98 Å². The van der Waals surface area contributed by atoms with Gasteiger partial charge in [-0.1, -0.05) is 0 Å². The summed E-state index contributed by atoms with van der Waals surface area (Å²) < 4.78 is 32.2. The van der Waals surface area contributed by atoms with E-state index in [0.29, 0.717) is 18.3 Å². The first-order chi connectivity index (χ1) is 10.1. The standard InChI is InChI=1S/C14H17N3O3S/c18-21(19,17-9-11-5-7-15-8-6-11)14-4-3-13(20-14)10-16-12-1-2-12/h3-8,12,16-17H,1-2,9-10H2. The van der Waals surface area contributed by atoms with Crippen LogP contribution >= 0.6 is 0 Å². The van der Waals surface area contributed by atoms with E-state index in [1.807, 2.05) is 0 Å². The van der Waals surface area contributed by atoms with Crippen molar-refractivity contribution in [2.45, 2.75) is 37.1 Å². The van der Waals surface area contributed by atoms with E-state index in [1.54, 1.807) is 30.6 Å². The van der Waals surface area contributed by atoms with Crippen LogP contribution < -0.4 is 10.0 Å². The Morgan fingerprint density at radius 2 is 1.90 bits per heavy atom. The molecule has 1 aliphatic rings. The molecule has 2 aromatic heterocycles. The van der Waals surface area contributed by atoms with Crippen LogP contribution in [0.25, 0.3) is 0 Å². The molecule has 2 aromatic rings. The van der Waals surface area contributed by atoms with E-state index in [4.69, 9.17) is 4.42 Å². The van der Waals surface area contributed by atoms with Crippen LogP contribution in [0.3, 0.4) is 0 Å². The Balaban J connectivity index is 1.61.